The van der Waals surface area contributed by atoms with Gasteiger partial charge >= 0.3 is 6.18 Å². The van der Waals surface area contributed by atoms with Crippen LogP contribution in [0.2, 0.25) is 5.02 Å². The van der Waals surface area contributed by atoms with Crippen LogP contribution in [0.3, 0.4) is 0 Å². The molecule has 0 radical (unpaired) electrons. The van der Waals surface area contributed by atoms with Crippen LogP contribution in [0.1, 0.15) is 25.3 Å². The minimum Gasteiger partial charge on any atom is -0.262 e. The number of fused-ring (bicyclic) bond motifs is 1. The number of alkyl halides is 3. The highest BCUT2D eigenvalue weighted by atomic mass is 35.5. The Morgan fingerprint density at radius 3 is 2.56 bits per heavy atom. The zero-order valence-electron chi connectivity index (χ0n) is 9.92. The molecule has 18 heavy (non-hydrogen) atoms. The molecular weight excluding hydrogens is 265 g/mol. The number of aromatic nitrogens is 2. The van der Waals surface area contributed by atoms with Gasteiger partial charge in [-0.2, -0.15) is 18.3 Å². The van der Waals surface area contributed by atoms with Crippen molar-refractivity contribution in [2.24, 2.45) is 0 Å². The topological polar surface area (TPSA) is 17.8 Å². The lowest BCUT2D eigenvalue weighted by molar-refractivity contribution is -0.142. The standard InChI is InChI=1S/C12H12ClF3N2/c1-7(2)9-3-8-5-18(6-12(14,15)16)17-11(8)4-10(9)13/h3-5,7H,6H2,1-2H3. The molecule has 2 aromatic rings. The SMILES string of the molecule is CC(C)c1cc2cn(CC(F)(F)F)nc2cc1Cl. The fourth-order valence-corrected chi connectivity index (χ4v) is 2.20. The zero-order valence-corrected chi connectivity index (χ0v) is 10.7. The Morgan fingerprint density at radius 2 is 2.00 bits per heavy atom. The lowest BCUT2D eigenvalue weighted by Gasteiger charge is -2.07. The van der Waals surface area contributed by atoms with E-state index in [1.54, 1.807) is 12.1 Å². The molecule has 0 bridgehead atoms. The van der Waals surface area contributed by atoms with Crippen molar-refractivity contribution < 1.29 is 13.2 Å². The van der Waals surface area contributed by atoms with E-state index in [-0.39, 0.29) is 5.92 Å². The predicted molar refractivity (Wildman–Crippen MR) is 64.9 cm³/mol. The maximum absolute atomic E-state index is 12.3. The van der Waals surface area contributed by atoms with Gasteiger partial charge in [-0.15, -0.1) is 0 Å². The molecule has 6 heteroatoms. The zero-order chi connectivity index (χ0) is 13.5. The molecule has 0 spiro atoms. The van der Waals surface area contributed by atoms with E-state index in [0.717, 1.165) is 10.2 Å². The van der Waals surface area contributed by atoms with Gasteiger partial charge in [0.05, 0.1) is 5.52 Å². The number of hydrogen-bond donors (Lipinski definition) is 0. The molecule has 0 saturated carbocycles. The molecule has 98 valence electrons. The molecule has 1 aromatic carbocycles. The van der Waals surface area contributed by atoms with Crippen LogP contribution >= 0.6 is 11.6 Å². The second-order valence-electron chi connectivity index (χ2n) is 4.53. The lowest BCUT2D eigenvalue weighted by Crippen LogP contribution is -2.17. The third-order valence-electron chi connectivity index (χ3n) is 2.63. The molecule has 0 aliphatic carbocycles. The summed E-state index contributed by atoms with van der Waals surface area (Å²) in [4.78, 5) is 0. The van der Waals surface area contributed by atoms with Crippen molar-refractivity contribution in [2.45, 2.75) is 32.5 Å². The Hall–Kier alpha value is -1.23. The molecule has 1 heterocycles. The number of nitrogens with zero attached hydrogens (tertiary/aromatic N) is 2. The molecule has 0 atom stereocenters. The third-order valence-corrected chi connectivity index (χ3v) is 2.96. The minimum absolute atomic E-state index is 0.216. The first-order valence-electron chi connectivity index (χ1n) is 5.49. The van der Waals surface area contributed by atoms with Crippen molar-refractivity contribution in [2.75, 3.05) is 0 Å². The molecule has 0 saturated heterocycles. The Kier molecular flexibility index (Phi) is 3.27. The number of hydrogen-bond acceptors (Lipinski definition) is 1. The number of rotatable bonds is 2. The van der Waals surface area contributed by atoms with Crippen molar-refractivity contribution >= 4 is 22.5 Å². The Morgan fingerprint density at radius 1 is 1.33 bits per heavy atom. The summed E-state index contributed by atoms with van der Waals surface area (Å²) in [6.45, 7) is 2.87. The van der Waals surface area contributed by atoms with Gasteiger partial charge < -0.3 is 0 Å². The van der Waals surface area contributed by atoms with E-state index in [1.807, 2.05) is 13.8 Å². The van der Waals surface area contributed by atoms with E-state index < -0.39 is 12.7 Å². The predicted octanol–water partition coefficient (Wildman–Crippen LogP) is 4.38. The molecule has 2 rings (SSSR count). The first-order chi connectivity index (χ1) is 8.26. The van der Waals surface area contributed by atoms with Gasteiger partial charge in [0.2, 0.25) is 0 Å². The highest BCUT2D eigenvalue weighted by Crippen LogP contribution is 2.29. The summed E-state index contributed by atoms with van der Waals surface area (Å²) >= 11 is 6.07. The summed E-state index contributed by atoms with van der Waals surface area (Å²) in [6, 6.07) is 3.40. The molecule has 0 fully saturated rings. The highest BCUT2D eigenvalue weighted by molar-refractivity contribution is 6.32. The molecule has 1 aromatic heterocycles. The first-order valence-corrected chi connectivity index (χ1v) is 5.87. The van der Waals surface area contributed by atoms with Crippen LogP contribution in [0.5, 0.6) is 0 Å². The lowest BCUT2D eigenvalue weighted by atomic mass is 10.0. The summed E-state index contributed by atoms with van der Waals surface area (Å²) in [6.07, 6.45) is -2.88. The van der Waals surface area contributed by atoms with Crippen molar-refractivity contribution in [3.63, 3.8) is 0 Å². The van der Waals surface area contributed by atoms with Crippen LogP contribution < -0.4 is 0 Å². The number of benzene rings is 1. The van der Waals surface area contributed by atoms with Gasteiger partial charge in [0, 0.05) is 16.6 Å². The maximum atomic E-state index is 12.3. The summed E-state index contributed by atoms with van der Waals surface area (Å²) in [5.74, 6) is 0.216. The van der Waals surface area contributed by atoms with Crippen LogP contribution in [-0.2, 0) is 6.54 Å². The van der Waals surface area contributed by atoms with Gasteiger partial charge in [-0.25, -0.2) is 0 Å². The second-order valence-corrected chi connectivity index (χ2v) is 4.94. The van der Waals surface area contributed by atoms with Gasteiger partial charge in [0.15, 0.2) is 0 Å². The maximum Gasteiger partial charge on any atom is 0.408 e. The summed E-state index contributed by atoms with van der Waals surface area (Å²) in [5.41, 5.74) is 1.39. The summed E-state index contributed by atoms with van der Waals surface area (Å²) in [7, 11) is 0. The van der Waals surface area contributed by atoms with E-state index in [2.05, 4.69) is 5.10 Å². The van der Waals surface area contributed by atoms with Crippen molar-refractivity contribution in [1.82, 2.24) is 9.78 Å². The van der Waals surface area contributed by atoms with Crippen molar-refractivity contribution in [3.05, 3.63) is 28.9 Å². The Balaban J connectivity index is 2.45. The Labute approximate surface area is 107 Å². The molecule has 0 aliphatic heterocycles. The van der Waals surface area contributed by atoms with E-state index in [9.17, 15) is 13.2 Å². The fraction of sp³-hybridized carbons (Fsp3) is 0.417. The molecule has 0 unspecified atom stereocenters. The van der Waals surface area contributed by atoms with E-state index in [1.165, 1.54) is 6.20 Å². The Bertz CT molecular complexity index is 572. The third kappa shape index (κ3) is 2.77. The average molecular weight is 277 g/mol. The molecule has 0 amide bonds. The van der Waals surface area contributed by atoms with Crippen LogP contribution in [0.4, 0.5) is 13.2 Å². The van der Waals surface area contributed by atoms with Crippen LogP contribution in [-0.4, -0.2) is 16.0 Å². The van der Waals surface area contributed by atoms with Gasteiger partial charge in [-0.1, -0.05) is 25.4 Å². The summed E-state index contributed by atoms with van der Waals surface area (Å²) in [5, 5.41) is 5.08. The van der Waals surface area contributed by atoms with Crippen LogP contribution in [0.25, 0.3) is 10.9 Å². The highest BCUT2D eigenvalue weighted by Gasteiger charge is 2.28. The largest absolute Gasteiger partial charge is 0.408 e. The smallest absolute Gasteiger partial charge is 0.262 e. The molecule has 2 nitrogen and oxygen atoms in total. The average Bonchev–Trinajstić information content (AvgIpc) is 2.54. The van der Waals surface area contributed by atoms with Gasteiger partial charge in [-0.3, -0.25) is 4.68 Å². The minimum atomic E-state index is -4.27. The van der Waals surface area contributed by atoms with Crippen molar-refractivity contribution in [3.8, 4) is 0 Å². The molecule has 0 N–H and O–H groups in total. The molecule has 0 aliphatic rings. The monoisotopic (exact) mass is 276 g/mol. The first kappa shape index (κ1) is 13.2. The molecular formula is C12H12ClF3N2. The fourth-order valence-electron chi connectivity index (χ4n) is 1.82. The van der Waals surface area contributed by atoms with Crippen molar-refractivity contribution in [1.29, 1.82) is 0 Å². The van der Waals surface area contributed by atoms with Crippen LogP contribution in [0, 0.1) is 0 Å². The van der Waals surface area contributed by atoms with Gasteiger partial charge in [0.25, 0.3) is 0 Å². The van der Waals surface area contributed by atoms with E-state index in [0.29, 0.717) is 15.9 Å². The summed E-state index contributed by atoms with van der Waals surface area (Å²) < 4.78 is 37.7. The van der Waals surface area contributed by atoms with Crippen LogP contribution in [0.15, 0.2) is 18.3 Å². The van der Waals surface area contributed by atoms with Gasteiger partial charge in [-0.05, 0) is 23.6 Å². The van der Waals surface area contributed by atoms with E-state index in [4.69, 9.17) is 11.6 Å². The van der Waals surface area contributed by atoms with E-state index >= 15 is 0 Å². The van der Waals surface area contributed by atoms with Gasteiger partial charge in [0.1, 0.15) is 6.54 Å². The number of halogens is 4. The second kappa shape index (κ2) is 4.46. The normalized spacial score (nSPS) is 12.6. The quantitative estimate of drug-likeness (QED) is 0.796.